The Balaban J connectivity index is 1.96. The van der Waals surface area contributed by atoms with E-state index in [1.165, 1.54) is 18.2 Å². The fraction of sp³-hybridized carbons (Fsp3) is 0.158. The molecule has 4 nitrogen and oxygen atoms in total. The summed E-state index contributed by atoms with van der Waals surface area (Å²) in [6.45, 7) is 3.65. The van der Waals surface area contributed by atoms with Crippen molar-refractivity contribution >= 4 is 51.7 Å². The summed E-state index contributed by atoms with van der Waals surface area (Å²) in [7, 11) is 0. The second-order valence-corrected chi connectivity index (χ2v) is 6.96. The first-order valence-corrected chi connectivity index (χ1v) is 8.76. The molecule has 3 aromatic rings. The molecule has 0 aliphatic rings. The lowest BCUT2D eigenvalue weighted by Crippen LogP contribution is -2.09. The van der Waals surface area contributed by atoms with Crippen LogP contribution in [0.1, 0.15) is 27.0 Å². The zero-order valence-corrected chi connectivity index (χ0v) is 16.1. The van der Waals surface area contributed by atoms with Gasteiger partial charge in [0.05, 0.1) is 20.6 Å². The van der Waals surface area contributed by atoms with Gasteiger partial charge in [0.2, 0.25) is 0 Å². The van der Waals surface area contributed by atoms with E-state index in [4.69, 9.17) is 44.0 Å². The number of esters is 1. The van der Waals surface area contributed by atoms with Crippen LogP contribution in [0.3, 0.4) is 0 Å². The van der Waals surface area contributed by atoms with Crippen LogP contribution < -0.4 is 5.63 Å². The van der Waals surface area contributed by atoms with Crippen molar-refractivity contribution in [3.05, 3.63) is 78.1 Å². The number of fused-ring (bicyclic) bond motifs is 1. The Morgan fingerprint density at radius 1 is 1.08 bits per heavy atom. The molecule has 0 fully saturated rings. The van der Waals surface area contributed by atoms with Crippen molar-refractivity contribution in [2.24, 2.45) is 0 Å². The fourth-order valence-corrected chi connectivity index (χ4v) is 3.26. The van der Waals surface area contributed by atoms with Gasteiger partial charge in [-0.25, -0.2) is 9.59 Å². The van der Waals surface area contributed by atoms with Crippen molar-refractivity contribution in [1.82, 2.24) is 0 Å². The van der Waals surface area contributed by atoms with Crippen LogP contribution in [0.25, 0.3) is 11.0 Å². The number of rotatable bonds is 3. The third-order valence-electron chi connectivity index (χ3n) is 4.12. The van der Waals surface area contributed by atoms with Gasteiger partial charge in [0, 0.05) is 17.0 Å². The summed E-state index contributed by atoms with van der Waals surface area (Å²) in [4.78, 5) is 24.3. The lowest BCUT2D eigenvalue weighted by Gasteiger charge is -2.11. The standard InChI is InChI=1S/C19H13Cl3O4/c1-9-3-4-12-11(7-15(23)26-18(12)10(9)2)8-25-19(24)16-13(20)5-6-14(21)17(16)22/h3-7H,8H2,1-2H3. The molecule has 3 rings (SSSR count). The predicted octanol–water partition coefficient (Wildman–Crippen LogP) is 5.73. The van der Waals surface area contributed by atoms with Crippen LogP contribution in [-0.2, 0) is 11.3 Å². The van der Waals surface area contributed by atoms with Gasteiger partial charge in [0.25, 0.3) is 0 Å². The van der Waals surface area contributed by atoms with Crippen molar-refractivity contribution in [2.45, 2.75) is 20.5 Å². The Hall–Kier alpha value is -2.01. The Morgan fingerprint density at radius 2 is 1.77 bits per heavy atom. The van der Waals surface area contributed by atoms with E-state index in [9.17, 15) is 9.59 Å². The minimum Gasteiger partial charge on any atom is -0.457 e. The minimum atomic E-state index is -0.729. The third-order valence-corrected chi connectivity index (χ3v) is 5.24. The summed E-state index contributed by atoms with van der Waals surface area (Å²) < 4.78 is 10.6. The van der Waals surface area contributed by atoms with Gasteiger partial charge in [-0.15, -0.1) is 0 Å². The molecule has 0 saturated carbocycles. The Kier molecular flexibility index (Phi) is 5.28. The van der Waals surface area contributed by atoms with E-state index in [0.29, 0.717) is 16.5 Å². The first kappa shape index (κ1) is 18.8. The highest BCUT2D eigenvalue weighted by Crippen LogP contribution is 2.32. The fourth-order valence-electron chi connectivity index (χ4n) is 2.57. The minimum absolute atomic E-state index is 0.0138. The maximum atomic E-state index is 12.4. The van der Waals surface area contributed by atoms with Gasteiger partial charge in [-0.2, -0.15) is 0 Å². The van der Waals surface area contributed by atoms with Crippen molar-refractivity contribution in [3.63, 3.8) is 0 Å². The maximum Gasteiger partial charge on any atom is 0.341 e. The molecule has 134 valence electrons. The second kappa shape index (κ2) is 7.31. The average molecular weight is 412 g/mol. The van der Waals surface area contributed by atoms with Gasteiger partial charge < -0.3 is 9.15 Å². The molecule has 0 spiro atoms. The molecule has 0 aliphatic carbocycles. The van der Waals surface area contributed by atoms with Gasteiger partial charge in [0.15, 0.2) is 0 Å². The van der Waals surface area contributed by atoms with Gasteiger partial charge in [0.1, 0.15) is 12.2 Å². The largest absolute Gasteiger partial charge is 0.457 e. The number of ether oxygens (including phenoxy) is 1. The molecule has 2 aromatic carbocycles. The Labute approximate surface area is 164 Å². The van der Waals surface area contributed by atoms with Gasteiger partial charge in [-0.3, -0.25) is 0 Å². The molecular formula is C19H13Cl3O4. The molecular weight excluding hydrogens is 399 g/mol. The Morgan fingerprint density at radius 3 is 2.50 bits per heavy atom. The SMILES string of the molecule is Cc1ccc2c(COC(=O)c3c(Cl)ccc(Cl)c3Cl)cc(=O)oc2c1C. The molecule has 0 N–H and O–H groups in total. The van der Waals surface area contributed by atoms with E-state index in [1.54, 1.807) is 0 Å². The number of benzene rings is 2. The third kappa shape index (κ3) is 3.45. The molecule has 0 aliphatic heterocycles. The molecule has 1 aromatic heterocycles. The highest BCUT2D eigenvalue weighted by Gasteiger charge is 2.19. The summed E-state index contributed by atoms with van der Waals surface area (Å²) in [6, 6.07) is 7.98. The first-order valence-electron chi connectivity index (χ1n) is 7.63. The number of carbonyl (C=O) groups excluding carboxylic acids is 1. The van der Waals surface area contributed by atoms with Gasteiger partial charge in [-0.1, -0.05) is 46.9 Å². The number of carbonyl (C=O) groups is 1. The topological polar surface area (TPSA) is 56.5 Å². The second-order valence-electron chi connectivity index (χ2n) is 5.77. The zero-order valence-electron chi connectivity index (χ0n) is 13.9. The molecule has 0 saturated heterocycles. The summed E-state index contributed by atoms with van der Waals surface area (Å²) >= 11 is 18.0. The van der Waals surface area contributed by atoms with Gasteiger partial charge >= 0.3 is 11.6 Å². The number of hydrogen-bond donors (Lipinski definition) is 0. The molecule has 0 radical (unpaired) electrons. The lowest BCUT2D eigenvalue weighted by atomic mass is 10.0. The molecule has 7 heteroatoms. The van der Waals surface area contributed by atoms with Crippen molar-refractivity contribution in [2.75, 3.05) is 0 Å². The molecule has 0 amide bonds. The normalized spacial score (nSPS) is 11.0. The molecule has 0 unspecified atom stereocenters. The summed E-state index contributed by atoms with van der Waals surface area (Å²) in [5.74, 6) is -0.729. The average Bonchev–Trinajstić information content (AvgIpc) is 2.60. The predicted molar refractivity (Wildman–Crippen MR) is 103 cm³/mol. The lowest BCUT2D eigenvalue weighted by molar-refractivity contribution is 0.0474. The molecule has 0 bridgehead atoms. The van der Waals surface area contributed by atoms with E-state index < -0.39 is 11.6 Å². The van der Waals surface area contributed by atoms with Crippen LogP contribution in [0.4, 0.5) is 0 Å². The van der Waals surface area contributed by atoms with E-state index in [0.717, 1.165) is 11.1 Å². The van der Waals surface area contributed by atoms with Crippen LogP contribution in [0.5, 0.6) is 0 Å². The van der Waals surface area contributed by atoms with E-state index in [1.807, 2.05) is 26.0 Å². The highest BCUT2D eigenvalue weighted by molar-refractivity contribution is 6.46. The molecule has 1 heterocycles. The van der Waals surface area contributed by atoms with Crippen LogP contribution in [-0.4, -0.2) is 5.97 Å². The zero-order chi connectivity index (χ0) is 19.0. The van der Waals surface area contributed by atoms with Crippen LogP contribution in [0, 0.1) is 13.8 Å². The number of halogens is 3. The van der Waals surface area contributed by atoms with Crippen LogP contribution in [0.2, 0.25) is 15.1 Å². The maximum absolute atomic E-state index is 12.4. The van der Waals surface area contributed by atoms with Crippen LogP contribution >= 0.6 is 34.8 Å². The van der Waals surface area contributed by atoms with Gasteiger partial charge in [-0.05, 0) is 37.1 Å². The molecule has 0 atom stereocenters. The quantitative estimate of drug-likeness (QED) is 0.314. The number of aryl methyl sites for hydroxylation is 2. The summed E-state index contributed by atoms with van der Waals surface area (Å²) in [6.07, 6.45) is 0. The van der Waals surface area contributed by atoms with Crippen molar-refractivity contribution in [3.8, 4) is 0 Å². The number of hydrogen-bond acceptors (Lipinski definition) is 4. The highest BCUT2D eigenvalue weighted by atomic mass is 35.5. The van der Waals surface area contributed by atoms with Crippen molar-refractivity contribution < 1.29 is 13.9 Å². The molecule has 26 heavy (non-hydrogen) atoms. The van der Waals surface area contributed by atoms with E-state index in [-0.39, 0.29) is 27.2 Å². The van der Waals surface area contributed by atoms with Crippen molar-refractivity contribution in [1.29, 1.82) is 0 Å². The summed E-state index contributed by atoms with van der Waals surface area (Å²) in [5, 5.41) is 1.05. The Bertz CT molecular complexity index is 1090. The van der Waals surface area contributed by atoms with E-state index >= 15 is 0 Å². The first-order chi connectivity index (χ1) is 12.3. The summed E-state index contributed by atoms with van der Waals surface area (Å²) in [5.41, 5.74) is 2.32. The smallest absolute Gasteiger partial charge is 0.341 e. The van der Waals surface area contributed by atoms with E-state index in [2.05, 4.69) is 0 Å². The van der Waals surface area contributed by atoms with Crippen LogP contribution in [0.15, 0.2) is 39.5 Å². The monoisotopic (exact) mass is 410 g/mol.